The van der Waals surface area contributed by atoms with Crippen molar-refractivity contribution in [3.8, 4) is 11.1 Å². The highest BCUT2D eigenvalue weighted by molar-refractivity contribution is 5.82. The van der Waals surface area contributed by atoms with E-state index in [9.17, 15) is 14.7 Å². The quantitative estimate of drug-likeness (QED) is 0.569. The number of aromatic nitrogens is 1. The van der Waals surface area contributed by atoms with Gasteiger partial charge in [-0.25, -0.2) is 4.79 Å². The van der Waals surface area contributed by atoms with Gasteiger partial charge in [-0.05, 0) is 42.2 Å². The zero-order valence-electron chi connectivity index (χ0n) is 19.8. The van der Waals surface area contributed by atoms with E-state index in [1.807, 2.05) is 54.6 Å². The minimum Gasteiger partial charge on any atom is -0.437 e. The number of rotatable bonds is 6. The Balaban J connectivity index is 1.54. The molecular weight excluding hydrogens is 428 g/mol. The van der Waals surface area contributed by atoms with Crippen molar-refractivity contribution < 1.29 is 14.6 Å². The fraction of sp³-hybridized carbons (Fsp3) is 0.286. The van der Waals surface area contributed by atoms with Gasteiger partial charge in [0.05, 0.1) is 5.60 Å². The van der Waals surface area contributed by atoms with Gasteiger partial charge in [0, 0.05) is 44.4 Å². The average Bonchev–Trinajstić information content (AvgIpc) is 2.80. The lowest BCUT2D eigenvalue weighted by Gasteiger charge is -2.44. The molecule has 2 aromatic carbocycles. The third kappa shape index (κ3) is 4.82. The van der Waals surface area contributed by atoms with Crippen molar-refractivity contribution in [3.63, 3.8) is 0 Å². The lowest BCUT2D eigenvalue weighted by Crippen LogP contribution is -2.49. The Morgan fingerprint density at radius 1 is 1.03 bits per heavy atom. The van der Waals surface area contributed by atoms with Gasteiger partial charge in [-0.15, -0.1) is 0 Å². The SMILES string of the molecule is C=C(c1ccc(-c2ccc(=O)n(C)c2)cc1)N1CC[C@](CC(C)(C)O)(c2ccccc2)OC1=O. The lowest BCUT2D eigenvalue weighted by atomic mass is 9.80. The van der Waals surface area contributed by atoms with Crippen molar-refractivity contribution in [2.24, 2.45) is 7.05 Å². The van der Waals surface area contributed by atoms with Gasteiger partial charge >= 0.3 is 6.09 Å². The van der Waals surface area contributed by atoms with Crippen LogP contribution < -0.4 is 5.56 Å². The molecule has 1 aliphatic heterocycles. The normalized spacial score (nSPS) is 18.5. The molecule has 0 bridgehead atoms. The van der Waals surface area contributed by atoms with Crippen LogP contribution in [0.5, 0.6) is 0 Å². The van der Waals surface area contributed by atoms with Gasteiger partial charge < -0.3 is 14.4 Å². The molecule has 1 aliphatic rings. The molecule has 34 heavy (non-hydrogen) atoms. The van der Waals surface area contributed by atoms with E-state index in [1.54, 1.807) is 48.7 Å². The highest BCUT2D eigenvalue weighted by Crippen LogP contribution is 2.42. The number of nitrogens with zero attached hydrogens (tertiary/aromatic N) is 2. The summed E-state index contributed by atoms with van der Waals surface area (Å²) in [6.07, 6.45) is 2.14. The van der Waals surface area contributed by atoms with E-state index in [0.717, 1.165) is 22.3 Å². The summed E-state index contributed by atoms with van der Waals surface area (Å²) in [6.45, 7) is 8.02. The molecule has 0 spiro atoms. The van der Waals surface area contributed by atoms with Gasteiger partial charge in [0.2, 0.25) is 5.56 Å². The Kier molecular flexibility index (Phi) is 6.19. The molecule has 0 unspecified atom stereocenters. The maximum absolute atomic E-state index is 13.2. The Bertz CT molecular complexity index is 1260. The molecular formula is C28H30N2O4. The van der Waals surface area contributed by atoms with Crippen LogP contribution in [0.1, 0.15) is 37.8 Å². The van der Waals surface area contributed by atoms with Crippen molar-refractivity contribution >= 4 is 11.8 Å². The maximum atomic E-state index is 13.2. The van der Waals surface area contributed by atoms with Crippen LogP contribution in [-0.4, -0.2) is 32.8 Å². The zero-order valence-corrected chi connectivity index (χ0v) is 19.8. The molecule has 0 radical (unpaired) electrons. The van der Waals surface area contributed by atoms with Crippen molar-refractivity contribution in [2.45, 2.75) is 37.9 Å². The summed E-state index contributed by atoms with van der Waals surface area (Å²) in [6, 6.07) is 20.6. The molecule has 6 heteroatoms. The average molecular weight is 459 g/mol. The number of hydrogen-bond donors (Lipinski definition) is 1. The third-order valence-corrected chi connectivity index (χ3v) is 6.22. The van der Waals surface area contributed by atoms with Crippen LogP contribution in [0.25, 0.3) is 16.8 Å². The predicted octanol–water partition coefficient (Wildman–Crippen LogP) is 4.92. The van der Waals surface area contributed by atoms with E-state index in [-0.39, 0.29) is 5.56 Å². The fourth-order valence-corrected chi connectivity index (χ4v) is 4.55. The maximum Gasteiger partial charge on any atom is 0.415 e. The van der Waals surface area contributed by atoms with Gasteiger partial charge in [0.25, 0.3) is 0 Å². The summed E-state index contributed by atoms with van der Waals surface area (Å²) in [4.78, 5) is 26.4. The summed E-state index contributed by atoms with van der Waals surface area (Å²) < 4.78 is 7.58. The smallest absolute Gasteiger partial charge is 0.415 e. The van der Waals surface area contributed by atoms with Crippen LogP contribution in [0.15, 0.2) is 84.3 Å². The first-order valence-electron chi connectivity index (χ1n) is 11.3. The first-order chi connectivity index (χ1) is 16.1. The third-order valence-electron chi connectivity index (χ3n) is 6.22. The lowest BCUT2D eigenvalue weighted by molar-refractivity contribution is -0.0889. The monoisotopic (exact) mass is 458 g/mol. The number of hydrogen-bond acceptors (Lipinski definition) is 4. The number of aryl methyl sites for hydroxylation is 1. The summed E-state index contributed by atoms with van der Waals surface area (Å²) in [7, 11) is 1.72. The summed E-state index contributed by atoms with van der Waals surface area (Å²) in [5.41, 5.74) is 2.15. The van der Waals surface area contributed by atoms with E-state index in [1.165, 1.54) is 0 Å². The molecule has 3 aromatic rings. The summed E-state index contributed by atoms with van der Waals surface area (Å²) in [5.74, 6) is 0. The van der Waals surface area contributed by atoms with Gasteiger partial charge in [-0.3, -0.25) is 9.69 Å². The highest BCUT2D eigenvalue weighted by Gasteiger charge is 2.45. The molecule has 1 N–H and O–H groups in total. The minimum atomic E-state index is -1.01. The largest absolute Gasteiger partial charge is 0.437 e. The first-order valence-corrected chi connectivity index (χ1v) is 11.3. The molecule has 1 saturated heterocycles. The van der Waals surface area contributed by atoms with E-state index < -0.39 is 17.3 Å². The summed E-state index contributed by atoms with van der Waals surface area (Å²) >= 11 is 0. The van der Waals surface area contributed by atoms with Crippen molar-refractivity contribution in [2.75, 3.05) is 6.54 Å². The Morgan fingerprint density at radius 3 is 2.26 bits per heavy atom. The molecule has 4 rings (SSSR count). The van der Waals surface area contributed by atoms with Crippen molar-refractivity contribution in [3.05, 3.63) is 101 Å². The molecule has 1 fully saturated rings. The predicted molar refractivity (Wildman–Crippen MR) is 133 cm³/mol. The molecule has 6 nitrogen and oxygen atoms in total. The minimum absolute atomic E-state index is 0.0616. The number of pyridine rings is 1. The van der Waals surface area contributed by atoms with Crippen LogP contribution in [0.2, 0.25) is 0 Å². The van der Waals surface area contributed by atoms with Crippen LogP contribution in [0, 0.1) is 0 Å². The number of ether oxygens (including phenoxy) is 1. The number of benzene rings is 2. The van der Waals surface area contributed by atoms with Gasteiger partial charge in [0.1, 0.15) is 5.60 Å². The molecule has 176 valence electrons. The van der Waals surface area contributed by atoms with Crippen LogP contribution >= 0.6 is 0 Å². The first kappa shape index (κ1) is 23.5. The second-order valence-electron chi connectivity index (χ2n) is 9.51. The molecule has 1 atom stereocenters. The number of aliphatic hydroxyl groups is 1. The van der Waals surface area contributed by atoms with Crippen molar-refractivity contribution in [1.29, 1.82) is 0 Å². The number of carbonyl (C=O) groups is 1. The fourth-order valence-electron chi connectivity index (χ4n) is 4.55. The van der Waals surface area contributed by atoms with Crippen LogP contribution in [0.4, 0.5) is 4.79 Å². The second kappa shape index (κ2) is 8.95. The number of carbonyl (C=O) groups excluding carboxylic acids is 1. The van der Waals surface area contributed by atoms with Gasteiger partial charge in [-0.2, -0.15) is 0 Å². The van der Waals surface area contributed by atoms with Crippen molar-refractivity contribution in [1.82, 2.24) is 9.47 Å². The molecule has 0 aliphatic carbocycles. The van der Waals surface area contributed by atoms with E-state index in [4.69, 9.17) is 4.74 Å². The number of amides is 1. The Hall–Kier alpha value is -3.64. The van der Waals surface area contributed by atoms with E-state index in [0.29, 0.717) is 25.1 Å². The summed E-state index contributed by atoms with van der Waals surface area (Å²) in [5, 5.41) is 10.5. The standard InChI is InChI=1S/C28H30N2O4/c1-20(21-10-12-22(13-11-21)23-14-15-25(31)29(4)18-23)30-17-16-28(34-26(30)32,19-27(2,3)33)24-8-6-5-7-9-24/h5-15,18,33H,1,16-17,19H2,2-4H3/t28-/m0/s1. The molecule has 0 saturated carbocycles. The topological polar surface area (TPSA) is 71.8 Å². The van der Waals surface area contributed by atoms with E-state index >= 15 is 0 Å². The van der Waals surface area contributed by atoms with Gasteiger partial charge in [-0.1, -0.05) is 61.2 Å². The Morgan fingerprint density at radius 2 is 1.68 bits per heavy atom. The second-order valence-corrected chi connectivity index (χ2v) is 9.51. The highest BCUT2D eigenvalue weighted by atomic mass is 16.6. The van der Waals surface area contributed by atoms with Crippen LogP contribution in [-0.2, 0) is 17.4 Å². The molecule has 1 aromatic heterocycles. The zero-order chi connectivity index (χ0) is 24.5. The Labute approximate surface area is 199 Å². The number of cyclic esters (lactones) is 1. The van der Waals surface area contributed by atoms with E-state index in [2.05, 4.69) is 6.58 Å². The molecule has 1 amide bonds. The molecule has 2 heterocycles. The van der Waals surface area contributed by atoms with Crippen LogP contribution in [0.3, 0.4) is 0 Å². The van der Waals surface area contributed by atoms with Gasteiger partial charge in [0.15, 0.2) is 0 Å².